The van der Waals surface area contributed by atoms with Crippen LogP contribution in [-0.4, -0.2) is 0 Å². The fourth-order valence-electron chi connectivity index (χ4n) is 3.69. The minimum atomic E-state index is 1.28. The molecule has 0 radical (unpaired) electrons. The Kier molecular flexibility index (Phi) is 5.34. The molecule has 0 aliphatic rings. The zero-order chi connectivity index (χ0) is 19.7. The van der Waals surface area contributed by atoms with E-state index in [0.717, 1.165) is 0 Å². The first kappa shape index (κ1) is 18.9. The van der Waals surface area contributed by atoms with E-state index in [9.17, 15) is 0 Å². The van der Waals surface area contributed by atoms with Gasteiger partial charge in [-0.05, 0) is 62.1 Å². The van der Waals surface area contributed by atoms with Crippen LogP contribution >= 0.6 is 22.7 Å². The molecule has 0 amide bonds. The first-order chi connectivity index (χ1) is 13.7. The van der Waals surface area contributed by atoms with Gasteiger partial charge in [0.05, 0.1) is 9.40 Å². The van der Waals surface area contributed by atoms with Crippen LogP contribution in [0.3, 0.4) is 0 Å². The molecule has 0 aliphatic carbocycles. The Balaban J connectivity index is 1.88. The first-order valence-electron chi connectivity index (χ1n) is 9.67. The van der Waals surface area contributed by atoms with E-state index in [0.29, 0.717) is 0 Å². The van der Waals surface area contributed by atoms with E-state index in [4.69, 9.17) is 0 Å². The Morgan fingerprint density at radius 3 is 1.43 bits per heavy atom. The van der Waals surface area contributed by atoms with Crippen molar-refractivity contribution in [3.05, 3.63) is 84.0 Å². The minimum Gasteiger partial charge on any atom is -0.134 e. The number of benzene rings is 2. The van der Waals surface area contributed by atoms with Gasteiger partial charge >= 0.3 is 0 Å². The van der Waals surface area contributed by atoms with Gasteiger partial charge in [-0.1, -0.05) is 60.7 Å². The highest BCUT2D eigenvalue weighted by molar-refractivity contribution is 7.36. The van der Waals surface area contributed by atoms with E-state index < -0.39 is 0 Å². The predicted octanol–water partition coefficient (Wildman–Crippen LogP) is 9.23. The Labute approximate surface area is 174 Å². The molecule has 140 valence electrons. The van der Waals surface area contributed by atoms with Gasteiger partial charge in [-0.15, -0.1) is 22.7 Å². The number of rotatable bonds is 4. The molecule has 0 atom stereocenters. The third-order valence-corrected chi connectivity index (χ3v) is 7.56. The van der Waals surface area contributed by atoms with Crippen molar-refractivity contribution >= 4 is 63.4 Å². The van der Waals surface area contributed by atoms with Gasteiger partial charge in [0.2, 0.25) is 0 Å². The second-order valence-electron chi connectivity index (χ2n) is 6.77. The molecule has 0 saturated carbocycles. The molecule has 2 heterocycles. The highest BCUT2D eigenvalue weighted by Crippen LogP contribution is 2.45. The molecule has 28 heavy (non-hydrogen) atoms. The van der Waals surface area contributed by atoms with Crippen molar-refractivity contribution in [2.75, 3.05) is 0 Å². The molecule has 2 heteroatoms. The number of thiophene rings is 2. The molecule has 4 aromatic rings. The molecule has 0 N–H and O–H groups in total. The summed E-state index contributed by atoms with van der Waals surface area (Å²) in [6.45, 7) is 8.34. The molecule has 0 saturated heterocycles. The molecule has 0 bridgehead atoms. The molecule has 2 aromatic heterocycles. The maximum atomic E-state index is 2.34. The van der Waals surface area contributed by atoms with Gasteiger partial charge in [0.15, 0.2) is 0 Å². The molecular formula is C26H24S2. The number of hydrogen-bond acceptors (Lipinski definition) is 2. The minimum absolute atomic E-state index is 1.28. The lowest BCUT2D eigenvalue weighted by molar-refractivity contribution is 1.63. The fourth-order valence-corrected chi connectivity index (χ4v) is 6.42. The van der Waals surface area contributed by atoms with Crippen LogP contribution in [0, 0.1) is 0 Å². The molecule has 0 aliphatic heterocycles. The number of allylic oxidation sites excluding steroid dienone is 8. The smallest absolute Gasteiger partial charge is 0.0542 e. The van der Waals surface area contributed by atoms with Crippen molar-refractivity contribution < 1.29 is 0 Å². The van der Waals surface area contributed by atoms with Crippen molar-refractivity contribution in [2.24, 2.45) is 0 Å². The van der Waals surface area contributed by atoms with Gasteiger partial charge in [0.25, 0.3) is 0 Å². The van der Waals surface area contributed by atoms with Crippen LogP contribution in [0.2, 0.25) is 0 Å². The molecule has 0 unspecified atom stereocenters. The molecule has 0 fully saturated rings. The molecule has 2 aromatic carbocycles. The van der Waals surface area contributed by atoms with Crippen LogP contribution < -0.4 is 0 Å². The van der Waals surface area contributed by atoms with E-state index in [2.05, 4.69) is 101 Å². The summed E-state index contributed by atoms with van der Waals surface area (Å²) in [6.07, 6.45) is 12.9. The summed E-state index contributed by atoms with van der Waals surface area (Å²) < 4.78 is 5.58. The van der Waals surface area contributed by atoms with Crippen LogP contribution in [0.15, 0.2) is 72.9 Å². The van der Waals surface area contributed by atoms with Gasteiger partial charge < -0.3 is 0 Å². The summed E-state index contributed by atoms with van der Waals surface area (Å²) in [4.78, 5) is 0. The van der Waals surface area contributed by atoms with Crippen molar-refractivity contribution in [2.45, 2.75) is 27.7 Å². The van der Waals surface area contributed by atoms with Gasteiger partial charge in [-0.25, -0.2) is 0 Å². The SMILES string of the molecule is C/C=C\C(=C/C)c1ccc2c(c1)sc1c3ccc(C(/C=C\C)=C/C)cc3sc21. The van der Waals surface area contributed by atoms with Gasteiger partial charge in [-0.2, -0.15) is 0 Å². The Morgan fingerprint density at radius 1 is 0.643 bits per heavy atom. The third kappa shape index (κ3) is 3.17. The second kappa shape index (κ2) is 7.90. The highest BCUT2D eigenvalue weighted by Gasteiger charge is 2.13. The molecule has 0 nitrogen and oxygen atoms in total. The van der Waals surface area contributed by atoms with Crippen molar-refractivity contribution in [3.63, 3.8) is 0 Å². The molecule has 4 rings (SSSR count). The average Bonchev–Trinajstić information content (AvgIpc) is 3.24. The average molecular weight is 401 g/mol. The lowest BCUT2D eigenvalue weighted by Crippen LogP contribution is -1.79. The van der Waals surface area contributed by atoms with E-state index >= 15 is 0 Å². The van der Waals surface area contributed by atoms with Crippen molar-refractivity contribution in [3.8, 4) is 0 Å². The van der Waals surface area contributed by atoms with Crippen LogP contribution in [0.25, 0.3) is 40.7 Å². The van der Waals surface area contributed by atoms with Gasteiger partial charge in [0.1, 0.15) is 0 Å². The zero-order valence-electron chi connectivity index (χ0n) is 16.7. The van der Waals surface area contributed by atoms with E-state index in [-0.39, 0.29) is 0 Å². The summed E-state index contributed by atoms with van der Waals surface area (Å²) in [5.41, 5.74) is 5.13. The Morgan fingerprint density at radius 2 is 1.07 bits per heavy atom. The third-order valence-electron chi connectivity index (χ3n) is 5.06. The van der Waals surface area contributed by atoms with E-state index in [1.807, 2.05) is 22.7 Å². The summed E-state index contributed by atoms with van der Waals surface area (Å²) in [7, 11) is 0. The topological polar surface area (TPSA) is 0 Å². The summed E-state index contributed by atoms with van der Waals surface area (Å²) in [5, 5.41) is 2.75. The number of hydrogen-bond donors (Lipinski definition) is 0. The van der Waals surface area contributed by atoms with Crippen molar-refractivity contribution in [1.82, 2.24) is 0 Å². The standard InChI is InChI=1S/C26H24S2/c1-5-9-17(7-3)19-11-13-21-23(15-19)27-26-22-14-12-20(18(8-4)10-6-2)16-24(22)28-25(21)26/h5-16H,1-4H3/b9-5-,10-6-,17-7+,18-8+. The quantitative estimate of drug-likeness (QED) is 0.299. The maximum Gasteiger partial charge on any atom is 0.0542 e. The summed E-state index contributed by atoms with van der Waals surface area (Å²) in [6, 6.07) is 13.8. The van der Waals surface area contributed by atoms with E-state index in [1.165, 1.54) is 51.8 Å². The predicted molar refractivity (Wildman–Crippen MR) is 132 cm³/mol. The fraction of sp³-hybridized carbons (Fsp3) is 0.154. The Bertz CT molecular complexity index is 1180. The maximum absolute atomic E-state index is 2.34. The monoisotopic (exact) mass is 400 g/mol. The second-order valence-corrected chi connectivity index (χ2v) is 8.88. The lowest BCUT2D eigenvalue weighted by Gasteiger charge is -2.03. The van der Waals surface area contributed by atoms with Crippen LogP contribution in [0.5, 0.6) is 0 Å². The molecular weight excluding hydrogens is 376 g/mol. The van der Waals surface area contributed by atoms with Gasteiger partial charge in [0, 0.05) is 20.2 Å². The van der Waals surface area contributed by atoms with E-state index in [1.54, 1.807) is 0 Å². The largest absolute Gasteiger partial charge is 0.134 e. The lowest BCUT2D eigenvalue weighted by atomic mass is 10.0. The zero-order valence-corrected chi connectivity index (χ0v) is 18.4. The Hall–Kier alpha value is -2.42. The van der Waals surface area contributed by atoms with Gasteiger partial charge in [-0.3, -0.25) is 0 Å². The van der Waals surface area contributed by atoms with Crippen LogP contribution in [0.4, 0.5) is 0 Å². The molecule has 0 spiro atoms. The van der Waals surface area contributed by atoms with Crippen LogP contribution in [-0.2, 0) is 0 Å². The first-order valence-corrected chi connectivity index (χ1v) is 11.3. The van der Waals surface area contributed by atoms with Crippen LogP contribution in [0.1, 0.15) is 38.8 Å². The summed E-state index contributed by atoms with van der Waals surface area (Å²) in [5.74, 6) is 0. The normalized spacial score (nSPS) is 13.9. The van der Waals surface area contributed by atoms with Crippen molar-refractivity contribution in [1.29, 1.82) is 0 Å². The summed E-state index contributed by atoms with van der Waals surface area (Å²) >= 11 is 3.84. The number of fused-ring (bicyclic) bond motifs is 5. The highest BCUT2D eigenvalue weighted by atomic mass is 32.1.